The van der Waals surface area contributed by atoms with Crippen molar-refractivity contribution < 1.29 is 54.1 Å². The van der Waals surface area contributed by atoms with Gasteiger partial charge in [0.15, 0.2) is 11.3 Å². The number of anilines is 2. The largest absolute Gasteiger partial charge is 2.00 e. The van der Waals surface area contributed by atoms with Crippen LogP contribution in [-0.2, 0) is 16.5 Å². The molecule has 0 aliphatic rings. The molecular formula is C14H26N12NiO7. The van der Waals surface area contributed by atoms with Crippen LogP contribution < -0.4 is 33.1 Å². The Morgan fingerprint density at radius 1 is 0.559 bits per heavy atom. The summed E-state index contributed by atoms with van der Waals surface area (Å²) in [6, 6.07) is 0. The molecule has 4 rings (SSSR count). The second-order valence-electron chi connectivity index (χ2n) is 4.81. The van der Waals surface area contributed by atoms with Crippen LogP contribution in [0.2, 0.25) is 0 Å². The fourth-order valence-electron chi connectivity index (χ4n) is 1.71. The van der Waals surface area contributed by atoms with Crippen molar-refractivity contribution in [1.29, 1.82) is 0 Å². The first-order chi connectivity index (χ1) is 13.5. The third-order valence-electron chi connectivity index (χ3n) is 2.80. The van der Waals surface area contributed by atoms with E-state index < -0.39 is 11.8 Å². The zero-order valence-electron chi connectivity index (χ0n) is 17.2. The molecule has 0 aliphatic carbocycles. The molecule has 34 heavy (non-hydrogen) atoms. The van der Waals surface area contributed by atoms with Gasteiger partial charge in [0.25, 0.3) is 0 Å². The maximum Gasteiger partial charge on any atom is 2.00 e. The van der Waals surface area contributed by atoms with Gasteiger partial charge >= 0.3 is 16.5 Å². The monoisotopic (exact) mass is 532 g/mol. The van der Waals surface area contributed by atoms with Gasteiger partial charge in [-0.1, -0.05) is 0 Å². The van der Waals surface area contributed by atoms with Gasteiger partial charge in [0.1, 0.15) is 11.0 Å². The van der Waals surface area contributed by atoms with E-state index in [9.17, 15) is 10.2 Å². The molecule has 0 amide bonds. The molecule has 0 saturated heterocycles. The Morgan fingerprint density at radius 2 is 0.853 bits per heavy atom. The molecule has 0 atom stereocenters. The second kappa shape index (κ2) is 19.9. The molecule has 20 heteroatoms. The molecule has 194 valence electrons. The molecule has 18 N–H and O–H groups in total. The van der Waals surface area contributed by atoms with E-state index in [1.807, 2.05) is 0 Å². The quantitative estimate of drug-likeness (QED) is 0.165. The molecule has 4 aromatic rings. The van der Waals surface area contributed by atoms with E-state index >= 15 is 0 Å². The van der Waals surface area contributed by atoms with Crippen molar-refractivity contribution in [3.63, 3.8) is 0 Å². The number of hydrogen-bond donors (Lipinski definition) is 4. The van der Waals surface area contributed by atoms with Gasteiger partial charge in [0, 0.05) is 49.6 Å². The Kier molecular flexibility index (Phi) is 23.8. The Morgan fingerprint density at radius 3 is 1.15 bits per heavy atom. The van der Waals surface area contributed by atoms with Crippen LogP contribution in [0.25, 0.3) is 22.3 Å². The number of fused-ring (bicyclic) bond motifs is 2. The van der Waals surface area contributed by atoms with Gasteiger partial charge in [-0.15, -0.1) is 0 Å². The Balaban J connectivity index is -0.000000124. The number of hydrogen-bond acceptors (Lipinski definition) is 14. The van der Waals surface area contributed by atoms with E-state index in [0.29, 0.717) is 13.1 Å². The predicted octanol–water partition coefficient (Wildman–Crippen LogP) is -7.07. The molecule has 0 fully saturated rings. The standard InChI is InChI=1S/2C6H5N5O.C2H8N2.Ni.5H2O/c2*7-6-10-4-3(5(12)11-6)8-1-2-9-4;3-1-2-4;;;;;;/h2*1-2H,(H3,7,9,10,11,12);1-4H2;;5*1H2/q;;;+2;;;;;/p-2. The SMILES string of the molecule is NCCN.Nc1nc([O-])c2nccnc2n1.Nc1nc([O-])c2nccnc2n1.O.O.O.O.O.[Ni+2]. The van der Waals surface area contributed by atoms with Gasteiger partial charge in [-0.05, 0) is 0 Å². The second-order valence-corrected chi connectivity index (χ2v) is 4.81. The maximum absolute atomic E-state index is 11.1. The fourth-order valence-corrected chi connectivity index (χ4v) is 1.71. The molecule has 4 aromatic heterocycles. The van der Waals surface area contributed by atoms with Crippen molar-refractivity contribution >= 4 is 34.2 Å². The van der Waals surface area contributed by atoms with Crippen molar-refractivity contribution in [2.75, 3.05) is 24.6 Å². The van der Waals surface area contributed by atoms with E-state index in [0.717, 1.165) is 0 Å². The van der Waals surface area contributed by atoms with Crippen LogP contribution in [0, 0.1) is 0 Å². The summed E-state index contributed by atoms with van der Waals surface area (Å²) in [7, 11) is 0. The van der Waals surface area contributed by atoms with E-state index in [1.54, 1.807) is 0 Å². The molecule has 4 heterocycles. The summed E-state index contributed by atoms with van der Waals surface area (Å²) < 4.78 is 0. The first kappa shape index (κ1) is 40.6. The van der Waals surface area contributed by atoms with Crippen molar-refractivity contribution in [2.24, 2.45) is 11.5 Å². The molecule has 0 bridgehead atoms. The van der Waals surface area contributed by atoms with Crippen LogP contribution in [0.3, 0.4) is 0 Å². The summed E-state index contributed by atoms with van der Waals surface area (Å²) in [5, 5.41) is 22.1. The average molecular weight is 533 g/mol. The average Bonchev–Trinajstić information content (AvgIpc) is 2.68. The molecule has 0 radical (unpaired) electrons. The van der Waals surface area contributed by atoms with Crippen LogP contribution in [0.15, 0.2) is 24.8 Å². The zero-order valence-corrected chi connectivity index (χ0v) is 18.2. The molecule has 0 aliphatic heterocycles. The van der Waals surface area contributed by atoms with Gasteiger partial charge in [0.2, 0.25) is 11.9 Å². The minimum absolute atomic E-state index is 0. The summed E-state index contributed by atoms with van der Waals surface area (Å²) in [4.78, 5) is 29.4. The number of nitrogen functional groups attached to an aromatic ring is 2. The van der Waals surface area contributed by atoms with Crippen LogP contribution in [0.4, 0.5) is 11.9 Å². The minimum Gasteiger partial charge on any atom is -0.857 e. The van der Waals surface area contributed by atoms with Gasteiger partial charge in [-0.3, -0.25) is 9.97 Å². The number of nitrogens with zero attached hydrogens (tertiary/aromatic N) is 8. The van der Waals surface area contributed by atoms with E-state index in [1.165, 1.54) is 24.8 Å². The molecule has 0 unspecified atom stereocenters. The van der Waals surface area contributed by atoms with Crippen LogP contribution in [0.1, 0.15) is 0 Å². The summed E-state index contributed by atoms with van der Waals surface area (Å²) in [5.74, 6) is -1.14. The zero-order chi connectivity index (χ0) is 20.5. The van der Waals surface area contributed by atoms with E-state index in [-0.39, 0.29) is 78.1 Å². The first-order valence-electron chi connectivity index (χ1n) is 7.68. The topological polar surface area (TPSA) is 411 Å². The van der Waals surface area contributed by atoms with E-state index in [2.05, 4.69) is 39.9 Å². The summed E-state index contributed by atoms with van der Waals surface area (Å²) in [6.07, 6.45) is 5.69. The molecule has 0 spiro atoms. The summed E-state index contributed by atoms with van der Waals surface area (Å²) in [6.45, 7) is 1.19. The Labute approximate surface area is 201 Å². The van der Waals surface area contributed by atoms with Crippen LogP contribution >= 0.6 is 0 Å². The predicted molar refractivity (Wildman–Crippen MR) is 114 cm³/mol. The van der Waals surface area contributed by atoms with Gasteiger partial charge in [-0.2, -0.15) is 9.97 Å². The fraction of sp³-hybridized carbons (Fsp3) is 0.143. The van der Waals surface area contributed by atoms with Crippen molar-refractivity contribution in [2.45, 2.75) is 0 Å². The van der Waals surface area contributed by atoms with Crippen molar-refractivity contribution in [1.82, 2.24) is 39.9 Å². The van der Waals surface area contributed by atoms with Gasteiger partial charge in [-0.25, -0.2) is 19.9 Å². The summed E-state index contributed by atoms with van der Waals surface area (Å²) in [5.41, 5.74) is 21.0. The molecule has 19 nitrogen and oxygen atoms in total. The smallest absolute Gasteiger partial charge is 0.857 e. The van der Waals surface area contributed by atoms with Gasteiger partial charge < -0.3 is 60.5 Å². The Bertz CT molecular complexity index is 996. The maximum atomic E-state index is 11.1. The normalized spacial score (nSPS) is 8.18. The molecule has 0 aromatic carbocycles. The summed E-state index contributed by atoms with van der Waals surface area (Å²) >= 11 is 0. The van der Waals surface area contributed by atoms with Crippen molar-refractivity contribution in [3.05, 3.63) is 24.8 Å². The molecule has 0 saturated carbocycles. The number of aromatic nitrogens is 8. The number of rotatable bonds is 1. The van der Waals surface area contributed by atoms with E-state index in [4.69, 9.17) is 22.9 Å². The Hall–Kier alpha value is -3.75. The minimum atomic E-state index is -0.495. The first-order valence-corrected chi connectivity index (χ1v) is 7.68. The van der Waals surface area contributed by atoms with Crippen LogP contribution in [0.5, 0.6) is 11.8 Å². The van der Waals surface area contributed by atoms with Crippen molar-refractivity contribution in [3.8, 4) is 11.8 Å². The van der Waals surface area contributed by atoms with Crippen LogP contribution in [-0.4, -0.2) is 80.3 Å². The third-order valence-corrected chi connectivity index (χ3v) is 2.80. The van der Waals surface area contributed by atoms with Gasteiger partial charge in [0.05, 0.1) is 0 Å². The third kappa shape index (κ3) is 11.2. The number of nitrogens with two attached hydrogens (primary N) is 4. The molecular weight excluding hydrogens is 507 g/mol.